The number of ketones is 1. The zero-order valence-electron chi connectivity index (χ0n) is 9.93. The van der Waals surface area contributed by atoms with Crippen molar-refractivity contribution < 1.29 is 28.6 Å². The van der Waals surface area contributed by atoms with Crippen LogP contribution in [0.3, 0.4) is 0 Å². The first-order valence-electron chi connectivity index (χ1n) is 5.46. The average Bonchev–Trinajstić information content (AvgIpc) is 2.37. The number of aromatic carboxylic acids is 1. The smallest absolute Gasteiger partial charge is 0.335 e. The Labute approximate surface area is 111 Å². The van der Waals surface area contributed by atoms with Gasteiger partial charge in [-0.2, -0.15) is 0 Å². The van der Waals surface area contributed by atoms with E-state index in [2.05, 4.69) is 0 Å². The molecule has 0 saturated heterocycles. The average molecular weight is 278 g/mol. The van der Waals surface area contributed by atoms with Gasteiger partial charge in [-0.25, -0.2) is 13.6 Å². The zero-order valence-corrected chi connectivity index (χ0v) is 9.93. The van der Waals surface area contributed by atoms with Crippen LogP contribution in [0.5, 0.6) is 5.75 Å². The van der Waals surface area contributed by atoms with Crippen LogP contribution in [0.1, 0.15) is 26.3 Å². The predicted octanol–water partition coefficient (Wildman–Crippen LogP) is 2.60. The first-order valence-corrected chi connectivity index (χ1v) is 5.46. The molecular formula is C14H8F2O4. The predicted molar refractivity (Wildman–Crippen MR) is 64.9 cm³/mol. The number of carboxylic acid groups (broad SMARTS) is 1. The highest BCUT2D eigenvalue weighted by Crippen LogP contribution is 2.25. The topological polar surface area (TPSA) is 74.6 Å². The van der Waals surface area contributed by atoms with Gasteiger partial charge in [0.15, 0.2) is 5.78 Å². The fourth-order valence-electron chi connectivity index (χ4n) is 1.69. The van der Waals surface area contributed by atoms with E-state index in [1.807, 2.05) is 0 Å². The van der Waals surface area contributed by atoms with Gasteiger partial charge in [0.1, 0.15) is 22.9 Å². The molecule has 0 aliphatic rings. The van der Waals surface area contributed by atoms with Gasteiger partial charge in [0.25, 0.3) is 0 Å². The molecule has 20 heavy (non-hydrogen) atoms. The first kappa shape index (κ1) is 13.7. The SMILES string of the molecule is O=C(O)c1ccc(C(=O)c2c(O)cc(F)cc2F)cc1. The zero-order chi connectivity index (χ0) is 14.9. The second kappa shape index (κ2) is 5.08. The van der Waals surface area contributed by atoms with Crippen molar-refractivity contribution in [3.63, 3.8) is 0 Å². The number of hydrogen-bond donors (Lipinski definition) is 2. The van der Waals surface area contributed by atoms with Crippen molar-refractivity contribution in [2.45, 2.75) is 0 Å². The van der Waals surface area contributed by atoms with Gasteiger partial charge in [-0.15, -0.1) is 0 Å². The third-order valence-electron chi connectivity index (χ3n) is 2.66. The number of hydrogen-bond acceptors (Lipinski definition) is 3. The van der Waals surface area contributed by atoms with Gasteiger partial charge in [-0.3, -0.25) is 4.79 Å². The molecule has 0 atom stereocenters. The Balaban J connectivity index is 2.44. The summed E-state index contributed by atoms with van der Waals surface area (Å²) in [7, 11) is 0. The molecule has 0 aliphatic carbocycles. The normalized spacial score (nSPS) is 10.3. The number of phenolic OH excluding ortho intramolecular Hbond substituents is 1. The van der Waals surface area contributed by atoms with Crippen LogP contribution in [0.25, 0.3) is 0 Å². The minimum atomic E-state index is -1.19. The minimum Gasteiger partial charge on any atom is -0.507 e. The third kappa shape index (κ3) is 2.49. The molecule has 0 heterocycles. The van der Waals surface area contributed by atoms with Crippen molar-refractivity contribution in [1.82, 2.24) is 0 Å². The summed E-state index contributed by atoms with van der Waals surface area (Å²) >= 11 is 0. The van der Waals surface area contributed by atoms with Gasteiger partial charge in [0.2, 0.25) is 0 Å². The molecule has 0 bridgehead atoms. The second-order valence-corrected chi connectivity index (χ2v) is 3.99. The van der Waals surface area contributed by atoms with Crippen LogP contribution < -0.4 is 0 Å². The maximum Gasteiger partial charge on any atom is 0.335 e. The lowest BCUT2D eigenvalue weighted by Gasteiger charge is -2.06. The summed E-state index contributed by atoms with van der Waals surface area (Å²) in [5, 5.41) is 18.2. The van der Waals surface area contributed by atoms with Crippen molar-refractivity contribution in [2.75, 3.05) is 0 Å². The number of carbonyl (C=O) groups is 2. The molecule has 0 amide bonds. The maximum absolute atomic E-state index is 13.5. The largest absolute Gasteiger partial charge is 0.507 e. The fraction of sp³-hybridized carbons (Fsp3) is 0. The van der Waals surface area contributed by atoms with Crippen LogP contribution in [-0.4, -0.2) is 22.0 Å². The lowest BCUT2D eigenvalue weighted by molar-refractivity contribution is 0.0696. The Morgan fingerprint density at radius 3 is 2.00 bits per heavy atom. The number of carbonyl (C=O) groups excluding carboxylic acids is 1. The first-order chi connectivity index (χ1) is 9.40. The quantitative estimate of drug-likeness (QED) is 0.846. The number of carboxylic acids is 1. The number of rotatable bonds is 3. The van der Waals surface area contributed by atoms with Crippen LogP contribution in [0.2, 0.25) is 0 Å². The van der Waals surface area contributed by atoms with Crippen molar-refractivity contribution in [3.05, 3.63) is 64.7 Å². The number of benzene rings is 2. The molecule has 2 aromatic rings. The maximum atomic E-state index is 13.5. The van der Waals surface area contributed by atoms with Crippen LogP contribution >= 0.6 is 0 Å². The highest BCUT2D eigenvalue weighted by Gasteiger charge is 2.20. The van der Waals surface area contributed by atoms with Crippen LogP contribution in [0.4, 0.5) is 8.78 Å². The summed E-state index contributed by atoms with van der Waals surface area (Å²) in [4.78, 5) is 22.7. The summed E-state index contributed by atoms with van der Waals surface area (Å²) in [6.07, 6.45) is 0. The van der Waals surface area contributed by atoms with E-state index in [-0.39, 0.29) is 11.1 Å². The molecule has 0 fully saturated rings. The molecule has 2 rings (SSSR count). The van der Waals surface area contributed by atoms with Crippen LogP contribution in [0, 0.1) is 11.6 Å². The molecule has 102 valence electrons. The summed E-state index contributed by atoms with van der Waals surface area (Å²) in [6.45, 7) is 0. The Morgan fingerprint density at radius 2 is 1.50 bits per heavy atom. The monoisotopic (exact) mass is 278 g/mol. The Hall–Kier alpha value is -2.76. The standard InChI is InChI=1S/C14H8F2O4/c15-9-5-10(16)12(11(17)6-9)13(18)7-1-3-8(4-2-7)14(19)20/h1-6,17H,(H,19,20). The molecule has 2 N–H and O–H groups in total. The molecule has 0 unspecified atom stereocenters. The molecule has 6 heteroatoms. The van der Waals surface area contributed by atoms with Crippen LogP contribution in [0.15, 0.2) is 36.4 Å². The van der Waals surface area contributed by atoms with E-state index in [1.54, 1.807) is 0 Å². The second-order valence-electron chi connectivity index (χ2n) is 3.99. The lowest BCUT2D eigenvalue weighted by Crippen LogP contribution is -2.06. The molecular weight excluding hydrogens is 270 g/mol. The highest BCUT2D eigenvalue weighted by atomic mass is 19.1. The minimum absolute atomic E-state index is 0.0178. The molecule has 4 nitrogen and oxygen atoms in total. The number of halogens is 2. The Morgan fingerprint density at radius 1 is 0.950 bits per heavy atom. The van der Waals surface area contributed by atoms with E-state index in [0.29, 0.717) is 12.1 Å². The Bertz CT molecular complexity index is 670. The van der Waals surface area contributed by atoms with E-state index in [1.165, 1.54) is 24.3 Å². The summed E-state index contributed by atoms with van der Waals surface area (Å²) in [6, 6.07) is 5.84. The van der Waals surface area contributed by atoms with E-state index in [4.69, 9.17) is 5.11 Å². The van der Waals surface area contributed by atoms with Gasteiger partial charge in [0.05, 0.1) is 5.56 Å². The van der Waals surface area contributed by atoms with Crippen molar-refractivity contribution in [2.24, 2.45) is 0 Å². The Kier molecular flexibility index (Phi) is 3.47. The van der Waals surface area contributed by atoms with Crippen molar-refractivity contribution in [1.29, 1.82) is 0 Å². The van der Waals surface area contributed by atoms with E-state index in [0.717, 1.165) is 0 Å². The molecule has 0 saturated carbocycles. The van der Waals surface area contributed by atoms with E-state index >= 15 is 0 Å². The van der Waals surface area contributed by atoms with Gasteiger partial charge in [-0.1, -0.05) is 12.1 Å². The van der Waals surface area contributed by atoms with Crippen molar-refractivity contribution >= 4 is 11.8 Å². The third-order valence-corrected chi connectivity index (χ3v) is 2.66. The molecule has 0 aliphatic heterocycles. The van der Waals surface area contributed by atoms with Gasteiger partial charge >= 0.3 is 5.97 Å². The van der Waals surface area contributed by atoms with Gasteiger partial charge in [0, 0.05) is 17.7 Å². The molecule has 0 spiro atoms. The van der Waals surface area contributed by atoms with Crippen molar-refractivity contribution in [3.8, 4) is 5.75 Å². The lowest BCUT2D eigenvalue weighted by atomic mass is 10.0. The summed E-state index contributed by atoms with van der Waals surface area (Å²) in [5.41, 5.74) is -0.712. The molecule has 2 aromatic carbocycles. The van der Waals surface area contributed by atoms with E-state index < -0.39 is 34.7 Å². The molecule has 0 radical (unpaired) electrons. The number of phenols is 1. The summed E-state index contributed by atoms with van der Waals surface area (Å²) < 4.78 is 26.4. The van der Waals surface area contributed by atoms with Gasteiger partial charge in [-0.05, 0) is 12.1 Å². The number of aromatic hydroxyl groups is 1. The van der Waals surface area contributed by atoms with Crippen LogP contribution in [-0.2, 0) is 0 Å². The van der Waals surface area contributed by atoms with E-state index in [9.17, 15) is 23.5 Å². The van der Waals surface area contributed by atoms with Gasteiger partial charge < -0.3 is 10.2 Å². The molecule has 0 aromatic heterocycles. The fourth-order valence-corrected chi connectivity index (χ4v) is 1.69. The highest BCUT2D eigenvalue weighted by molar-refractivity contribution is 6.11. The summed E-state index contributed by atoms with van der Waals surface area (Å²) in [5.74, 6) is -5.03.